The van der Waals surface area contributed by atoms with Crippen molar-refractivity contribution in [3.05, 3.63) is 77.9 Å². The van der Waals surface area contributed by atoms with E-state index in [1.54, 1.807) is 0 Å². The Kier molecular flexibility index (Phi) is 3.22. The highest BCUT2D eigenvalue weighted by atomic mass is 16.3. The maximum absolute atomic E-state index is 6.64. The van der Waals surface area contributed by atoms with E-state index in [2.05, 4.69) is 85.3 Å². The number of pyridine rings is 1. The van der Waals surface area contributed by atoms with Crippen molar-refractivity contribution in [2.24, 2.45) is 7.05 Å². The van der Waals surface area contributed by atoms with Crippen molar-refractivity contribution in [3.8, 4) is 11.3 Å². The number of nitrogens with zero attached hydrogens (tertiary/aromatic N) is 1. The molecule has 1 aliphatic rings. The molecule has 0 atom stereocenters. The van der Waals surface area contributed by atoms with Crippen LogP contribution < -0.4 is 4.57 Å². The summed E-state index contributed by atoms with van der Waals surface area (Å²) in [6, 6.07) is 23.9. The lowest BCUT2D eigenvalue weighted by Crippen LogP contribution is -2.32. The lowest BCUT2D eigenvalue weighted by atomic mass is 9.97. The molecule has 2 heterocycles. The summed E-state index contributed by atoms with van der Waals surface area (Å²) < 4.78 is 8.97. The van der Waals surface area contributed by atoms with Gasteiger partial charge in [-0.15, -0.1) is 0 Å². The molecular formula is C26H22NO+. The molecule has 1 aliphatic carbocycles. The average molecular weight is 364 g/mol. The number of hydrogen-bond acceptors (Lipinski definition) is 1. The molecule has 5 aromatic rings. The van der Waals surface area contributed by atoms with Gasteiger partial charge in [-0.2, -0.15) is 4.57 Å². The number of para-hydroxylation sites is 2. The fourth-order valence-corrected chi connectivity index (χ4v) is 4.68. The molecule has 6 rings (SSSR count). The first-order valence-electron chi connectivity index (χ1n) is 10.1. The van der Waals surface area contributed by atoms with Crippen molar-refractivity contribution in [2.75, 3.05) is 0 Å². The monoisotopic (exact) mass is 364 g/mol. The van der Waals surface area contributed by atoms with E-state index in [-0.39, 0.29) is 0 Å². The van der Waals surface area contributed by atoms with Gasteiger partial charge in [0, 0.05) is 17.0 Å². The largest absolute Gasteiger partial charge is 0.455 e. The summed E-state index contributed by atoms with van der Waals surface area (Å²) in [4.78, 5) is 0. The minimum absolute atomic E-state index is 0.659. The van der Waals surface area contributed by atoms with Crippen LogP contribution in [0, 0.1) is 6.92 Å². The highest BCUT2D eigenvalue weighted by molar-refractivity contribution is 6.18. The second kappa shape index (κ2) is 5.68. The quantitative estimate of drug-likeness (QED) is 0.330. The van der Waals surface area contributed by atoms with Gasteiger partial charge >= 0.3 is 0 Å². The standard InChI is InChI=1S/C26H22NO/c1-16-8-3-4-9-18(16)24-23-21-12-7-11-19(17-14-15-17)25(21)28-26(23)20-10-5-6-13-22(20)27(24)2/h3-13,17H,14-15H2,1-2H3/q+1. The van der Waals surface area contributed by atoms with Crippen LogP contribution in [0.4, 0.5) is 0 Å². The van der Waals surface area contributed by atoms with E-state index in [0.29, 0.717) is 5.92 Å². The van der Waals surface area contributed by atoms with Crippen molar-refractivity contribution < 1.29 is 8.98 Å². The van der Waals surface area contributed by atoms with Gasteiger partial charge in [0.1, 0.15) is 18.0 Å². The molecule has 136 valence electrons. The maximum Gasteiger partial charge on any atom is 0.224 e. The van der Waals surface area contributed by atoms with Crippen molar-refractivity contribution in [1.82, 2.24) is 0 Å². The van der Waals surface area contributed by atoms with Gasteiger partial charge in [0.15, 0.2) is 5.58 Å². The maximum atomic E-state index is 6.64. The number of rotatable bonds is 2. The third kappa shape index (κ3) is 2.12. The average Bonchev–Trinajstić information content (AvgIpc) is 3.49. The van der Waals surface area contributed by atoms with E-state index in [4.69, 9.17) is 4.42 Å². The van der Waals surface area contributed by atoms with Gasteiger partial charge in [0.25, 0.3) is 0 Å². The molecular weight excluding hydrogens is 342 g/mol. The molecule has 0 unspecified atom stereocenters. The van der Waals surface area contributed by atoms with Crippen molar-refractivity contribution in [1.29, 1.82) is 0 Å². The van der Waals surface area contributed by atoms with Crippen molar-refractivity contribution >= 4 is 32.8 Å². The van der Waals surface area contributed by atoms with Crippen molar-refractivity contribution in [2.45, 2.75) is 25.7 Å². The first-order valence-corrected chi connectivity index (χ1v) is 10.1. The Balaban J connectivity index is 1.88. The number of hydrogen-bond donors (Lipinski definition) is 0. The number of aromatic nitrogens is 1. The zero-order valence-corrected chi connectivity index (χ0v) is 16.2. The number of aryl methyl sites for hydroxylation is 2. The van der Waals surface area contributed by atoms with Crippen LogP contribution in [0.2, 0.25) is 0 Å². The predicted octanol–water partition coefficient (Wildman–Crippen LogP) is 6.42. The molecule has 2 nitrogen and oxygen atoms in total. The Labute approximate surface area is 164 Å². The smallest absolute Gasteiger partial charge is 0.224 e. The normalized spacial score (nSPS) is 14.4. The van der Waals surface area contributed by atoms with Crippen LogP contribution in [0.1, 0.15) is 29.9 Å². The van der Waals surface area contributed by atoms with Crippen LogP contribution in [-0.4, -0.2) is 0 Å². The summed E-state index contributed by atoms with van der Waals surface area (Å²) in [5.41, 5.74) is 8.43. The zero-order valence-electron chi connectivity index (χ0n) is 16.2. The lowest BCUT2D eigenvalue weighted by molar-refractivity contribution is -0.632. The molecule has 0 spiro atoms. The van der Waals surface area contributed by atoms with E-state index in [0.717, 1.165) is 11.2 Å². The molecule has 0 amide bonds. The molecule has 1 saturated carbocycles. The fraction of sp³-hybridized carbons (Fsp3) is 0.192. The molecule has 28 heavy (non-hydrogen) atoms. The SMILES string of the molecule is Cc1ccccc1-c1c2c3cccc(C4CC4)c3oc2c2ccccc2[n+]1C. The topological polar surface area (TPSA) is 17.0 Å². The molecule has 0 bridgehead atoms. The molecule has 1 fully saturated rings. The summed E-state index contributed by atoms with van der Waals surface area (Å²) in [5, 5.41) is 3.64. The molecule has 2 heteroatoms. The Bertz CT molecular complexity index is 1390. The van der Waals surface area contributed by atoms with Gasteiger partial charge in [0.2, 0.25) is 11.2 Å². The van der Waals surface area contributed by atoms with Gasteiger partial charge in [0.05, 0.1) is 5.39 Å². The minimum atomic E-state index is 0.659. The van der Waals surface area contributed by atoms with Gasteiger partial charge in [-0.05, 0) is 48.9 Å². The van der Waals surface area contributed by atoms with Crippen LogP contribution >= 0.6 is 0 Å². The van der Waals surface area contributed by atoms with E-state index >= 15 is 0 Å². The summed E-state index contributed by atoms with van der Waals surface area (Å²) >= 11 is 0. The van der Waals surface area contributed by atoms with E-state index in [9.17, 15) is 0 Å². The summed E-state index contributed by atoms with van der Waals surface area (Å²) in [6.45, 7) is 2.19. The summed E-state index contributed by atoms with van der Waals surface area (Å²) in [7, 11) is 2.17. The minimum Gasteiger partial charge on any atom is -0.455 e. The molecule has 0 N–H and O–H groups in total. The Morgan fingerprint density at radius 1 is 0.821 bits per heavy atom. The first kappa shape index (κ1) is 15.9. The lowest BCUT2D eigenvalue weighted by Gasteiger charge is -2.08. The molecule has 2 aromatic heterocycles. The van der Waals surface area contributed by atoms with E-state index in [1.807, 2.05) is 0 Å². The third-order valence-corrected chi connectivity index (χ3v) is 6.25. The summed E-state index contributed by atoms with van der Waals surface area (Å²) in [6.07, 6.45) is 2.55. The summed E-state index contributed by atoms with van der Waals surface area (Å²) in [5.74, 6) is 0.659. The van der Waals surface area contributed by atoms with Crippen LogP contribution in [0.3, 0.4) is 0 Å². The number of benzene rings is 3. The fourth-order valence-electron chi connectivity index (χ4n) is 4.68. The molecule has 0 radical (unpaired) electrons. The molecule has 0 saturated heterocycles. The predicted molar refractivity (Wildman–Crippen MR) is 115 cm³/mol. The molecule has 3 aromatic carbocycles. The van der Waals surface area contributed by atoms with Crippen molar-refractivity contribution in [3.63, 3.8) is 0 Å². The van der Waals surface area contributed by atoms with Crippen LogP contribution in [0.25, 0.3) is 44.1 Å². The van der Waals surface area contributed by atoms with Gasteiger partial charge in [-0.1, -0.05) is 48.5 Å². The Morgan fingerprint density at radius 3 is 2.39 bits per heavy atom. The third-order valence-electron chi connectivity index (χ3n) is 6.25. The number of furan rings is 1. The highest BCUT2D eigenvalue weighted by Crippen LogP contribution is 2.47. The zero-order chi connectivity index (χ0) is 18.8. The van der Waals surface area contributed by atoms with Crippen LogP contribution in [0.15, 0.2) is 71.1 Å². The van der Waals surface area contributed by atoms with Crippen LogP contribution in [0.5, 0.6) is 0 Å². The second-order valence-corrected chi connectivity index (χ2v) is 8.04. The molecule has 0 aliphatic heterocycles. The van der Waals surface area contributed by atoms with Gasteiger partial charge in [-0.25, -0.2) is 0 Å². The Hall–Kier alpha value is -3.13. The van der Waals surface area contributed by atoms with Gasteiger partial charge in [-0.3, -0.25) is 0 Å². The first-order chi connectivity index (χ1) is 13.7. The highest BCUT2D eigenvalue weighted by Gasteiger charge is 2.30. The van der Waals surface area contributed by atoms with Crippen LogP contribution in [-0.2, 0) is 7.05 Å². The second-order valence-electron chi connectivity index (χ2n) is 8.04. The Morgan fingerprint density at radius 2 is 1.57 bits per heavy atom. The van der Waals surface area contributed by atoms with E-state index in [1.165, 1.54) is 56.9 Å². The van der Waals surface area contributed by atoms with E-state index < -0.39 is 0 Å². The number of fused-ring (bicyclic) bond motifs is 5. The van der Waals surface area contributed by atoms with Gasteiger partial charge < -0.3 is 4.42 Å².